The van der Waals surface area contributed by atoms with Gasteiger partial charge in [-0.3, -0.25) is 4.79 Å². The van der Waals surface area contributed by atoms with Crippen molar-refractivity contribution in [2.45, 2.75) is 58.0 Å². The Morgan fingerprint density at radius 1 is 1.13 bits per heavy atom. The third-order valence-corrected chi connectivity index (χ3v) is 6.60. The lowest BCUT2D eigenvalue weighted by molar-refractivity contribution is -0.128. The van der Waals surface area contributed by atoms with Gasteiger partial charge in [0.1, 0.15) is 17.0 Å². The number of nitrogens with zero attached hydrogens (tertiary/aromatic N) is 1. The zero-order chi connectivity index (χ0) is 22.2. The van der Waals surface area contributed by atoms with Crippen molar-refractivity contribution >= 4 is 23.3 Å². The van der Waals surface area contributed by atoms with Crippen LogP contribution in [0.2, 0.25) is 0 Å². The highest BCUT2D eigenvalue weighted by Crippen LogP contribution is 2.42. The molecule has 1 saturated carbocycles. The number of amides is 3. The normalized spacial score (nSPS) is 17.5. The van der Waals surface area contributed by atoms with Crippen LogP contribution in [0.1, 0.15) is 48.8 Å². The number of aryl methyl sites for hydroxylation is 2. The number of fused-ring (bicyclic) bond motifs is 1. The molecular formula is C24H29N3O4. The summed E-state index contributed by atoms with van der Waals surface area (Å²) in [5.74, 6) is 0.559. The molecule has 0 saturated heterocycles. The molecule has 1 heterocycles. The Hall–Kier alpha value is -3.22. The van der Waals surface area contributed by atoms with Gasteiger partial charge < -0.3 is 25.4 Å². The molecule has 7 nitrogen and oxygen atoms in total. The molecule has 2 aliphatic rings. The summed E-state index contributed by atoms with van der Waals surface area (Å²) in [6, 6.07) is 8.61. The number of ether oxygens (including phenoxy) is 1. The van der Waals surface area contributed by atoms with Crippen LogP contribution in [0.4, 0.5) is 16.2 Å². The maximum Gasteiger partial charge on any atom is 0.323 e. The predicted octanol–water partition coefficient (Wildman–Crippen LogP) is 4.71. The second-order valence-corrected chi connectivity index (χ2v) is 8.50. The van der Waals surface area contributed by atoms with Crippen LogP contribution in [0.25, 0.3) is 0 Å². The fourth-order valence-electron chi connectivity index (χ4n) is 4.73. The summed E-state index contributed by atoms with van der Waals surface area (Å²) >= 11 is 0. The zero-order valence-corrected chi connectivity index (χ0v) is 18.2. The minimum Gasteiger partial charge on any atom is -0.506 e. The zero-order valence-electron chi connectivity index (χ0n) is 18.2. The number of hydrogen-bond donors (Lipinski definition) is 3. The van der Waals surface area contributed by atoms with Crippen LogP contribution in [-0.2, 0) is 11.3 Å². The van der Waals surface area contributed by atoms with Gasteiger partial charge in [-0.1, -0.05) is 31.4 Å². The van der Waals surface area contributed by atoms with E-state index in [0.29, 0.717) is 30.0 Å². The summed E-state index contributed by atoms with van der Waals surface area (Å²) in [5, 5.41) is 16.1. The van der Waals surface area contributed by atoms with Crippen LogP contribution in [0.5, 0.6) is 11.5 Å². The highest BCUT2D eigenvalue weighted by atomic mass is 16.5. The molecule has 2 aromatic carbocycles. The third-order valence-electron chi connectivity index (χ3n) is 6.60. The molecule has 0 aromatic heterocycles. The van der Waals surface area contributed by atoms with Gasteiger partial charge in [0.25, 0.3) is 0 Å². The topological polar surface area (TPSA) is 90.9 Å². The number of urea groups is 1. The van der Waals surface area contributed by atoms with E-state index in [1.807, 2.05) is 32.0 Å². The minimum atomic E-state index is -0.948. The summed E-state index contributed by atoms with van der Waals surface area (Å²) in [6.07, 6.45) is 3.99. The van der Waals surface area contributed by atoms with Crippen molar-refractivity contribution in [2.75, 3.05) is 17.7 Å². The molecule has 3 amide bonds. The van der Waals surface area contributed by atoms with E-state index in [1.165, 1.54) is 0 Å². The lowest BCUT2D eigenvalue weighted by Gasteiger charge is -2.47. The molecule has 0 radical (unpaired) electrons. The van der Waals surface area contributed by atoms with Crippen LogP contribution < -0.4 is 15.4 Å². The monoisotopic (exact) mass is 423 g/mol. The van der Waals surface area contributed by atoms with E-state index in [1.54, 1.807) is 24.1 Å². The van der Waals surface area contributed by atoms with Crippen molar-refractivity contribution < 1.29 is 19.4 Å². The molecule has 31 heavy (non-hydrogen) atoms. The average molecular weight is 424 g/mol. The van der Waals surface area contributed by atoms with E-state index in [9.17, 15) is 14.7 Å². The van der Waals surface area contributed by atoms with Crippen molar-refractivity contribution in [3.05, 3.63) is 47.0 Å². The fourth-order valence-corrected chi connectivity index (χ4v) is 4.73. The van der Waals surface area contributed by atoms with Crippen LogP contribution in [-0.4, -0.2) is 34.6 Å². The molecule has 4 rings (SSSR count). The molecular weight excluding hydrogens is 394 g/mol. The van der Waals surface area contributed by atoms with Crippen LogP contribution in [0.15, 0.2) is 30.3 Å². The van der Waals surface area contributed by atoms with Gasteiger partial charge in [-0.05, 0) is 49.9 Å². The Balaban J connectivity index is 1.68. The summed E-state index contributed by atoms with van der Waals surface area (Å²) < 4.78 is 5.39. The number of hydrogen-bond acceptors (Lipinski definition) is 4. The molecule has 0 unspecified atom stereocenters. The standard InChI is InChI=1S/C24H29N3O4/c1-15-8-10-19(28)21-18(15)14-27(23(30)26-21)24(11-5-4-6-12-24)22(29)25-17-9-7-16(2)20(13-17)31-3/h7-10,13,28H,4-6,11-12,14H2,1-3H3,(H,25,29)(H,26,30). The maximum absolute atomic E-state index is 13.7. The van der Waals surface area contributed by atoms with E-state index in [2.05, 4.69) is 10.6 Å². The smallest absolute Gasteiger partial charge is 0.323 e. The Morgan fingerprint density at radius 2 is 1.84 bits per heavy atom. The maximum atomic E-state index is 13.7. The van der Waals surface area contributed by atoms with Crippen LogP contribution in [0.3, 0.4) is 0 Å². The van der Waals surface area contributed by atoms with E-state index in [4.69, 9.17) is 4.74 Å². The average Bonchev–Trinajstić information content (AvgIpc) is 2.77. The molecule has 0 spiro atoms. The number of phenols is 1. The number of anilines is 2. The Bertz CT molecular complexity index is 1030. The number of carbonyl (C=O) groups excluding carboxylic acids is 2. The Kier molecular flexibility index (Phi) is 5.52. The molecule has 1 fully saturated rings. The number of benzene rings is 2. The number of carbonyl (C=O) groups is 2. The van der Waals surface area contributed by atoms with Crippen molar-refractivity contribution in [2.24, 2.45) is 0 Å². The first-order chi connectivity index (χ1) is 14.9. The van der Waals surface area contributed by atoms with E-state index in [-0.39, 0.29) is 24.2 Å². The van der Waals surface area contributed by atoms with Crippen LogP contribution >= 0.6 is 0 Å². The predicted molar refractivity (Wildman–Crippen MR) is 120 cm³/mol. The van der Waals surface area contributed by atoms with Crippen LogP contribution in [0, 0.1) is 13.8 Å². The fraction of sp³-hybridized carbons (Fsp3) is 0.417. The SMILES string of the molecule is COc1cc(NC(=O)C2(N3Cc4c(C)ccc(O)c4NC3=O)CCCCC2)ccc1C. The molecule has 2 aromatic rings. The number of methoxy groups -OCH3 is 1. The van der Waals surface area contributed by atoms with E-state index >= 15 is 0 Å². The Morgan fingerprint density at radius 3 is 2.55 bits per heavy atom. The molecule has 164 valence electrons. The largest absolute Gasteiger partial charge is 0.506 e. The van der Waals surface area contributed by atoms with Gasteiger partial charge in [0.15, 0.2) is 0 Å². The first-order valence-corrected chi connectivity index (χ1v) is 10.7. The quantitative estimate of drug-likeness (QED) is 0.622. The van der Waals surface area contributed by atoms with Crippen molar-refractivity contribution in [3.63, 3.8) is 0 Å². The number of phenolic OH excluding ortho intramolecular Hbond substituents is 1. The minimum absolute atomic E-state index is 0.0440. The van der Waals surface area contributed by atoms with Crippen molar-refractivity contribution in [3.8, 4) is 11.5 Å². The summed E-state index contributed by atoms with van der Waals surface area (Å²) in [7, 11) is 1.60. The number of nitrogens with one attached hydrogen (secondary N) is 2. The van der Waals surface area contributed by atoms with Gasteiger partial charge in [0, 0.05) is 17.3 Å². The van der Waals surface area contributed by atoms with Crippen molar-refractivity contribution in [1.82, 2.24) is 4.90 Å². The summed E-state index contributed by atoms with van der Waals surface area (Å²) in [4.78, 5) is 28.4. The first kappa shape index (κ1) is 21.0. The third kappa shape index (κ3) is 3.69. The van der Waals surface area contributed by atoms with Gasteiger partial charge in [0.2, 0.25) is 5.91 Å². The molecule has 1 aliphatic heterocycles. The molecule has 0 bridgehead atoms. The second kappa shape index (κ2) is 8.13. The first-order valence-electron chi connectivity index (χ1n) is 10.7. The highest BCUT2D eigenvalue weighted by Gasteiger charge is 2.48. The lowest BCUT2D eigenvalue weighted by Crippen LogP contribution is -2.61. The molecule has 7 heteroatoms. The van der Waals surface area contributed by atoms with Gasteiger partial charge in [-0.25, -0.2) is 4.79 Å². The second-order valence-electron chi connectivity index (χ2n) is 8.50. The lowest BCUT2D eigenvalue weighted by atomic mass is 9.78. The summed E-state index contributed by atoms with van der Waals surface area (Å²) in [6.45, 7) is 4.17. The highest BCUT2D eigenvalue weighted by molar-refractivity contribution is 6.03. The van der Waals surface area contributed by atoms with Gasteiger partial charge in [-0.15, -0.1) is 0 Å². The van der Waals surface area contributed by atoms with Gasteiger partial charge in [0.05, 0.1) is 19.3 Å². The molecule has 3 N–H and O–H groups in total. The van der Waals surface area contributed by atoms with Gasteiger partial charge in [-0.2, -0.15) is 0 Å². The molecule has 0 atom stereocenters. The summed E-state index contributed by atoms with van der Waals surface area (Å²) in [5.41, 5.74) is 2.92. The van der Waals surface area contributed by atoms with E-state index < -0.39 is 5.54 Å². The van der Waals surface area contributed by atoms with Crippen molar-refractivity contribution in [1.29, 1.82) is 0 Å². The Labute approximate surface area is 182 Å². The number of rotatable bonds is 4. The van der Waals surface area contributed by atoms with E-state index in [0.717, 1.165) is 36.0 Å². The van der Waals surface area contributed by atoms with Gasteiger partial charge >= 0.3 is 6.03 Å². The molecule has 1 aliphatic carbocycles. The number of aromatic hydroxyl groups is 1.